The van der Waals surface area contributed by atoms with E-state index in [0.29, 0.717) is 30.1 Å². The zero-order valence-electron chi connectivity index (χ0n) is 15.6. The Balaban J connectivity index is 1.55. The van der Waals surface area contributed by atoms with Crippen LogP contribution < -0.4 is 10.7 Å². The van der Waals surface area contributed by atoms with Gasteiger partial charge in [0.2, 0.25) is 5.91 Å². The summed E-state index contributed by atoms with van der Waals surface area (Å²) in [7, 11) is 0. The molecule has 0 saturated carbocycles. The van der Waals surface area contributed by atoms with Gasteiger partial charge in [-0.1, -0.05) is 6.07 Å². The highest BCUT2D eigenvalue weighted by molar-refractivity contribution is 5.92. The average Bonchev–Trinajstić information content (AvgIpc) is 2.64. The van der Waals surface area contributed by atoms with Crippen LogP contribution in [0.3, 0.4) is 0 Å². The van der Waals surface area contributed by atoms with Crippen LogP contribution in [-0.2, 0) is 17.8 Å². The molecule has 1 aromatic heterocycles. The third-order valence-electron chi connectivity index (χ3n) is 5.08. The van der Waals surface area contributed by atoms with Gasteiger partial charge < -0.3 is 10.3 Å². The summed E-state index contributed by atoms with van der Waals surface area (Å²) in [6.07, 6.45) is 0.498. The second-order valence-electron chi connectivity index (χ2n) is 7.19. The van der Waals surface area contributed by atoms with Gasteiger partial charge in [-0.2, -0.15) is 0 Å². The predicted octanol–water partition coefficient (Wildman–Crippen LogP) is 3.25. The van der Waals surface area contributed by atoms with E-state index in [2.05, 4.69) is 10.3 Å². The molecular formula is C21H18F3N3O2. The van der Waals surface area contributed by atoms with Crippen LogP contribution in [0.1, 0.15) is 16.8 Å². The maximum absolute atomic E-state index is 14.3. The fraction of sp³-hybridized carbons (Fsp3) is 0.238. The number of halogens is 3. The number of nitrogens with one attached hydrogen (secondary N) is 2. The number of amides is 1. The Hall–Kier alpha value is -3.13. The molecule has 0 spiro atoms. The van der Waals surface area contributed by atoms with Gasteiger partial charge in [0, 0.05) is 42.5 Å². The van der Waals surface area contributed by atoms with E-state index < -0.39 is 23.4 Å². The number of aromatic amines is 1. The maximum Gasteiger partial charge on any atom is 0.238 e. The van der Waals surface area contributed by atoms with Crippen molar-refractivity contribution in [3.05, 3.63) is 74.8 Å². The first-order valence-corrected chi connectivity index (χ1v) is 9.13. The normalized spacial score (nSPS) is 14.1. The van der Waals surface area contributed by atoms with Crippen molar-refractivity contribution in [2.45, 2.75) is 19.9 Å². The number of fused-ring (bicyclic) bond motifs is 2. The number of benzene rings is 2. The topological polar surface area (TPSA) is 65.2 Å². The summed E-state index contributed by atoms with van der Waals surface area (Å²) in [6, 6.07) is 5.65. The molecule has 0 atom stereocenters. The minimum atomic E-state index is -0.789. The number of pyridine rings is 1. The minimum absolute atomic E-state index is 0.0188. The number of carbonyl (C=O) groups is 1. The molecule has 4 rings (SSSR count). The molecule has 0 unspecified atom stereocenters. The second-order valence-corrected chi connectivity index (χ2v) is 7.19. The molecule has 1 aliphatic heterocycles. The molecule has 2 N–H and O–H groups in total. The van der Waals surface area contributed by atoms with Gasteiger partial charge >= 0.3 is 0 Å². The first-order valence-electron chi connectivity index (χ1n) is 9.13. The number of aromatic nitrogens is 1. The molecule has 0 radical (unpaired) electrons. The van der Waals surface area contributed by atoms with Gasteiger partial charge in [0.1, 0.15) is 17.5 Å². The number of hydrogen-bond donors (Lipinski definition) is 2. The number of anilines is 1. The van der Waals surface area contributed by atoms with Gasteiger partial charge in [0.05, 0.1) is 17.4 Å². The molecule has 8 heteroatoms. The van der Waals surface area contributed by atoms with Crippen LogP contribution in [0.25, 0.3) is 10.9 Å². The van der Waals surface area contributed by atoms with Crippen molar-refractivity contribution in [2.24, 2.45) is 0 Å². The first kappa shape index (κ1) is 19.2. The number of rotatable bonds is 3. The predicted molar refractivity (Wildman–Crippen MR) is 103 cm³/mol. The van der Waals surface area contributed by atoms with Crippen LogP contribution in [0.5, 0.6) is 0 Å². The lowest BCUT2D eigenvalue weighted by Crippen LogP contribution is -2.39. The molecule has 2 heterocycles. The number of carbonyl (C=O) groups excluding carboxylic acids is 1. The van der Waals surface area contributed by atoms with E-state index in [-0.39, 0.29) is 29.6 Å². The number of aryl methyl sites for hydroxylation is 1. The van der Waals surface area contributed by atoms with Gasteiger partial charge in [-0.15, -0.1) is 0 Å². The van der Waals surface area contributed by atoms with E-state index in [9.17, 15) is 22.8 Å². The van der Waals surface area contributed by atoms with Crippen molar-refractivity contribution < 1.29 is 18.0 Å². The smallest absolute Gasteiger partial charge is 0.238 e. The monoisotopic (exact) mass is 401 g/mol. The molecule has 0 aliphatic carbocycles. The molecule has 29 heavy (non-hydrogen) atoms. The number of hydrogen-bond acceptors (Lipinski definition) is 3. The van der Waals surface area contributed by atoms with Crippen LogP contribution in [0.4, 0.5) is 18.9 Å². The molecule has 150 valence electrons. The molecule has 5 nitrogen and oxygen atoms in total. The van der Waals surface area contributed by atoms with Crippen molar-refractivity contribution in [2.75, 3.05) is 18.4 Å². The van der Waals surface area contributed by atoms with E-state index in [1.165, 1.54) is 6.07 Å². The standard InChI is InChI=1S/C21H18F3N3O2/c1-11-2-3-16(24)19-20(11)26-17-4-5-27(9-15(17)21(19)29)10-18(28)25-14-7-12(22)6-13(23)8-14/h2-3,6-8H,4-5,9-10H2,1H3,(H,25,28)(H,26,29). The van der Waals surface area contributed by atoms with Gasteiger partial charge in [0.25, 0.3) is 0 Å². The van der Waals surface area contributed by atoms with Crippen molar-refractivity contribution in [1.29, 1.82) is 0 Å². The third kappa shape index (κ3) is 3.75. The zero-order valence-corrected chi connectivity index (χ0v) is 15.6. The second kappa shape index (κ2) is 7.36. The average molecular weight is 401 g/mol. The molecule has 1 amide bonds. The van der Waals surface area contributed by atoms with Gasteiger partial charge in [-0.25, -0.2) is 13.2 Å². The van der Waals surface area contributed by atoms with E-state index in [1.807, 2.05) is 0 Å². The van der Waals surface area contributed by atoms with Crippen molar-refractivity contribution in [3.63, 3.8) is 0 Å². The van der Waals surface area contributed by atoms with Gasteiger partial charge in [0.15, 0.2) is 5.43 Å². The largest absolute Gasteiger partial charge is 0.358 e. The fourth-order valence-corrected chi connectivity index (χ4v) is 3.70. The molecule has 1 aliphatic rings. The lowest BCUT2D eigenvalue weighted by atomic mass is 10.0. The Labute approximate surface area is 164 Å². The Morgan fingerprint density at radius 2 is 1.90 bits per heavy atom. The van der Waals surface area contributed by atoms with Crippen LogP contribution >= 0.6 is 0 Å². The van der Waals surface area contributed by atoms with E-state index >= 15 is 0 Å². The lowest BCUT2D eigenvalue weighted by Gasteiger charge is -2.28. The van der Waals surface area contributed by atoms with Crippen molar-refractivity contribution >= 4 is 22.5 Å². The molecule has 0 bridgehead atoms. The lowest BCUT2D eigenvalue weighted by molar-refractivity contribution is -0.117. The molecular weight excluding hydrogens is 383 g/mol. The fourth-order valence-electron chi connectivity index (χ4n) is 3.70. The Morgan fingerprint density at radius 1 is 1.17 bits per heavy atom. The van der Waals surface area contributed by atoms with Crippen LogP contribution in [0, 0.1) is 24.4 Å². The van der Waals surface area contributed by atoms with Gasteiger partial charge in [-0.3, -0.25) is 14.5 Å². The molecule has 3 aromatic rings. The van der Waals surface area contributed by atoms with Crippen LogP contribution in [-0.4, -0.2) is 28.9 Å². The summed E-state index contributed by atoms with van der Waals surface area (Å²) < 4.78 is 40.8. The summed E-state index contributed by atoms with van der Waals surface area (Å²) in [5.74, 6) is -2.62. The van der Waals surface area contributed by atoms with Crippen LogP contribution in [0.15, 0.2) is 35.1 Å². The van der Waals surface area contributed by atoms with Crippen molar-refractivity contribution in [1.82, 2.24) is 9.88 Å². The summed E-state index contributed by atoms with van der Waals surface area (Å²) >= 11 is 0. The van der Waals surface area contributed by atoms with Gasteiger partial charge in [-0.05, 0) is 30.7 Å². The highest BCUT2D eigenvalue weighted by Gasteiger charge is 2.24. The number of nitrogens with zero attached hydrogens (tertiary/aromatic N) is 1. The summed E-state index contributed by atoms with van der Waals surface area (Å²) in [4.78, 5) is 30.1. The van der Waals surface area contributed by atoms with E-state index in [4.69, 9.17) is 0 Å². The van der Waals surface area contributed by atoms with E-state index in [1.54, 1.807) is 17.9 Å². The molecule has 0 saturated heterocycles. The Kier molecular flexibility index (Phi) is 4.87. The van der Waals surface area contributed by atoms with Crippen molar-refractivity contribution in [3.8, 4) is 0 Å². The SMILES string of the molecule is Cc1ccc(F)c2c(=O)c3c([nH]c12)CCN(CC(=O)Nc1cc(F)cc(F)c1)C3. The molecule has 0 fully saturated rings. The first-order chi connectivity index (χ1) is 13.8. The third-order valence-corrected chi connectivity index (χ3v) is 5.08. The minimum Gasteiger partial charge on any atom is -0.358 e. The number of H-pyrrole nitrogens is 1. The summed E-state index contributed by atoms with van der Waals surface area (Å²) in [5.41, 5.74) is 2.08. The zero-order chi connectivity index (χ0) is 20.7. The maximum atomic E-state index is 14.3. The Morgan fingerprint density at radius 3 is 2.62 bits per heavy atom. The highest BCUT2D eigenvalue weighted by atomic mass is 19.1. The van der Waals surface area contributed by atoms with Crippen LogP contribution in [0.2, 0.25) is 0 Å². The summed E-state index contributed by atoms with van der Waals surface area (Å²) in [6.45, 7) is 2.43. The summed E-state index contributed by atoms with van der Waals surface area (Å²) in [5, 5.41) is 2.47. The Bertz CT molecular complexity index is 1170. The quantitative estimate of drug-likeness (QED) is 0.708. The van der Waals surface area contributed by atoms with E-state index in [0.717, 1.165) is 23.4 Å². The molecule has 2 aromatic carbocycles. The highest BCUT2D eigenvalue weighted by Crippen LogP contribution is 2.22.